The van der Waals surface area contributed by atoms with E-state index in [2.05, 4.69) is 18.9 Å². The molecule has 3 aromatic carbocycles. The fraction of sp³-hybridized carbons (Fsp3) is 0.130. The fourth-order valence-corrected chi connectivity index (χ4v) is 5.14. The molecular formula is C23H18N2O3S. The summed E-state index contributed by atoms with van der Waals surface area (Å²) in [5.41, 5.74) is 3.67. The fourth-order valence-electron chi connectivity index (χ4n) is 3.86. The van der Waals surface area contributed by atoms with Crippen molar-refractivity contribution >= 4 is 26.7 Å². The highest BCUT2D eigenvalue weighted by Gasteiger charge is 2.31. The van der Waals surface area contributed by atoms with Crippen molar-refractivity contribution in [2.45, 2.75) is 24.7 Å². The van der Waals surface area contributed by atoms with Gasteiger partial charge in [-0.3, -0.25) is 4.79 Å². The number of hydrogen-bond donors (Lipinski definition) is 0. The molecule has 0 atom stereocenters. The molecule has 0 saturated carbocycles. The van der Waals surface area contributed by atoms with Crippen LogP contribution in [0, 0.1) is 0 Å². The smallest absolute Gasteiger partial charge is 0.283 e. The van der Waals surface area contributed by atoms with Crippen molar-refractivity contribution in [3.63, 3.8) is 0 Å². The molecule has 6 heteroatoms. The van der Waals surface area contributed by atoms with Gasteiger partial charge in [0.2, 0.25) is 0 Å². The maximum Gasteiger partial charge on any atom is 0.283 e. The Bertz CT molecular complexity index is 1400. The average Bonchev–Trinajstić information content (AvgIpc) is 3.13. The molecule has 1 heterocycles. The second kappa shape index (κ2) is 6.12. The van der Waals surface area contributed by atoms with Crippen LogP contribution in [-0.4, -0.2) is 23.4 Å². The van der Waals surface area contributed by atoms with E-state index in [-0.39, 0.29) is 10.7 Å². The number of benzene rings is 3. The molecule has 29 heavy (non-hydrogen) atoms. The minimum absolute atomic E-state index is 0.114. The SMILES string of the molecule is CC(C)c1ccc(S(=O)(=O)n2nc3c4c(cccc42)C(=O)c2ccccc2-3)cc1. The van der Waals surface area contributed by atoms with E-state index in [9.17, 15) is 13.2 Å². The number of carbonyl (C=O) groups excluding carboxylic acids is 1. The molecule has 0 fully saturated rings. The van der Waals surface area contributed by atoms with Crippen LogP contribution in [-0.2, 0) is 10.0 Å². The molecule has 4 aromatic rings. The Morgan fingerprint density at radius 3 is 2.17 bits per heavy atom. The monoisotopic (exact) mass is 402 g/mol. The van der Waals surface area contributed by atoms with Crippen LogP contribution in [0.15, 0.2) is 71.6 Å². The van der Waals surface area contributed by atoms with Crippen LogP contribution in [0.1, 0.15) is 41.3 Å². The van der Waals surface area contributed by atoms with Crippen LogP contribution < -0.4 is 0 Å². The standard InChI is InChI=1S/C23H18N2O3S/c1-14(2)15-10-12-16(13-11-15)29(27,28)25-20-9-5-8-19-21(20)22(24-25)17-6-3-4-7-18(17)23(19)26/h3-14H,1-2H3. The minimum atomic E-state index is -3.91. The lowest BCUT2D eigenvalue weighted by Crippen LogP contribution is -2.14. The van der Waals surface area contributed by atoms with Crippen molar-refractivity contribution in [3.05, 3.63) is 83.4 Å². The van der Waals surface area contributed by atoms with Crippen LogP contribution in [0.25, 0.3) is 22.2 Å². The summed E-state index contributed by atoms with van der Waals surface area (Å²) in [6.07, 6.45) is 0. The van der Waals surface area contributed by atoms with Gasteiger partial charge in [0.05, 0.1) is 10.4 Å². The topological polar surface area (TPSA) is 69.0 Å². The Kier molecular flexibility index (Phi) is 3.76. The minimum Gasteiger partial charge on any atom is -0.289 e. The number of nitrogens with zero attached hydrogens (tertiary/aromatic N) is 2. The average molecular weight is 402 g/mol. The van der Waals surface area contributed by atoms with Crippen molar-refractivity contribution in [1.29, 1.82) is 0 Å². The molecule has 5 rings (SSSR count). The molecule has 1 aliphatic carbocycles. The van der Waals surface area contributed by atoms with Crippen molar-refractivity contribution in [3.8, 4) is 11.3 Å². The maximum atomic E-state index is 13.4. The van der Waals surface area contributed by atoms with E-state index in [1.54, 1.807) is 48.5 Å². The van der Waals surface area contributed by atoms with Crippen molar-refractivity contribution in [2.24, 2.45) is 0 Å². The first-order valence-electron chi connectivity index (χ1n) is 9.41. The summed E-state index contributed by atoms with van der Waals surface area (Å²) in [5.74, 6) is 0.194. The zero-order valence-electron chi connectivity index (χ0n) is 16.0. The van der Waals surface area contributed by atoms with Gasteiger partial charge >= 0.3 is 0 Å². The second-order valence-corrected chi connectivity index (χ2v) is 9.26. The summed E-state index contributed by atoms with van der Waals surface area (Å²) in [4.78, 5) is 13.1. The predicted molar refractivity (Wildman–Crippen MR) is 112 cm³/mol. The predicted octanol–water partition coefficient (Wildman–Crippen LogP) is 4.61. The molecule has 1 aromatic heterocycles. The number of rotatable bonds is 3. The Hall–Kier alpha value is -3.25. The third-order valence-electron chi connectivity index (χ3n) is 5.42. The van der Waals surface area contributed by atoms with Gasteiger partial charge in [-0.25, -0.2) is 0 Å². The molecule has 144 valence electrons. The van der Waals surface area contributed by atoms with Gasteiger partial charge in [-0.1, -0.05) is 62.4 Å². The first-order valence-corrected chi connectivity index (χ1v) is 10.8. The van der Waals surface area contributed by atoms with Gasteiger partial charge in [-0.15, -0.1) is 0 Å². The lowest BCUT2D eigenvalue weighted by Gasteiger charge is -2.13. The molecule has 5 nitrogen and oxygen atoms in total. The highest BCUT2D eigenvalue weighted by Crippen LogP contribution is 2.39. The number of fused-ring (bicyclic) bond motifs is 2. The van der Waals surface area contributed by atoms with E-state index in [0.717, 1.165) is 9.65 Å². The first-order chi connectivity index (χ1) is 13.9. The second-order valence-electron chi connectivity index (χ2n) is 7.49. The van der Waals surface area contributed by atoms with Crippen LogP contribution in [0.5, 0.6) is 0 Å². The Morgan fingerprint density at radius 2 is 1.48 bits per heavy atom. The molecule has 0 N–H and O–H groups in total. The van der Waals surface area contributed by atoms with Gasteiger partial charge in [0.25, 0.3) is 10.0 Å². The third kappa shape index (κ3) is 2.49. The molecule has 0 amide bonds. The maximum absolute atomic E-state index is 13.4. The van der Waals surface area contributed by atoms with Gasteiger partial charge in [0.1, 0.15) is 5.69 Å². The highest BCUT2D eigenvalue weighted by atomic mass is 32.2. The summed E-state index contributed by atoms with van der Waals surface area (Å²) < 4.78 is 27.9. The van der Waals surface area contributed by atoms with Gasteiger partial charge in [-0.2, -0.15) is 17.6 Å². The Labute approximate surface area is 168 Å². The number of hydrogen-bond acceptors (Lipinski definition) is 4. The van der Waals surface area contributed by atoms with E-state index < -0.39 is 10.0 Å². The third-order valence-corrected chi connectivity index (χ3v) is 7.02. The van der Waals surface area contributed by atoms with Gasteiger partial charge in [0.15, 0.2) is 5.78 Å². The van der Waals surface area contributed by atoms with E-state index in [1.807, 2.05) is 18.2 Å². The summed E-state index contributed by atoms with van der Waals surface area (Å²) in [6.45, 7) is 4.12. The summed E-state index contributed by atoms with van der Waals surface area (Å²) in [7, 11) is -3.91. The quantitative estimate of drug-likeness (QED) is 0.442. The van der Waals surface area contributed by atoms with Crippen molar-refractivity contribution < 1.29 is 13.2 Å². The zero-order chi connectivity index (χ0) is 20.3. The first kappa shape index (κ1) is 17.8. The van der Waals surface area contributed by atoms with Crippen LogP contribution in [0.3, 0.4) is 0 Å². The molecular weight excluding hydrogens is 384 g/mol. The summed E-state index contributed by atoms with van der Waals surface area (Å²) >= 11 is 0. The highest BCUT2D eigenvalue weighted by molar-refractivity contribution is 7.90. The van der Waals surface area contributed by atoms with E-state index in [4.69, 9.17) is 0 Å². The van der Waals surface area contributed by atoms with Crippen LogP contribution in [0.4, 0.5) is 0 Å². The Morgan fingerprint density at radius 1 is 0.828 bits per heavy atom. The van der Waals surface area contributed by atoms with Crippen molar-refractivity contribution in [2.75, 3.05) is 0 Å². The van der Waals surface area contributed by atoms with Crippen molar-refractivity contribution in [1.82, 2.24) is 9.19 Å². The molecule has 0 unspecified atom stereocenters. The number of aromatic nitrogens is 2. The van der Waals surface area contributed by atoms with Gasteiger partial charge in [-0.05, 0) is 29.7 Å². The largest absolute Gasteiger partial charge is 0.289 e. The molecule has 0 radical (unpaired) electrons. The lowest BCUT2D eigenvalue weighted by atomic mass is 9.87. The molecule has 0 aliphatic heterocycles. The molecule has 0 bridgehead atoms. The summed E-state index contributed by atoms with van der Waals surface area (Å²) in [6, 6.07) is 19.2. The summed E-state index contributed by atoms with van der Waals surface area (Å²) in [5, 5.41) is 5.06. The van der Waals surface area contributed by atoms with Crippen LogP contribution >= 0.6 is 0 Å². The van der Waals surface area contributed by atoms with E-state index in [0.29, 0.717) is 39.2 Å². The van der Waals surface area contributed by atoms with Crippen LogP contribution in [0.2, 0.25) is 0 Å². The Balaban J connectivity index is 1.78. The van der Waals surface area contributed by atoms with E-state index in [1.165, 1.54) is 0 Å². The lowest BCUT2D eigenvalue weighted by molar-refractivity contribution is 0.104. The van der Waals surface area contributed by atoms with E-state index >= 15 is 0 Å². The van der Waals surface area contributed by atoms with Gasteiger partial charge < -0.3 is 0 Å². The number of ketones is 1. The molecule has 1 aliphatic rings. The van der Waals surface area contributed by atoms with Gasteiger partial charge in [0, 0.05) is 22.1 Å². The zero-order valence-corrected chi connectivity index (χ0v) is 16.8. The molecule has 0 spiro atoms. The molecule has 0 saturated heterocycles. The normalized spacial score (nSPS) is 13.1. The number of carbonyl (C=O) groups is 1.